The predicted molar refractivity (Wildman–Crippen MR) is 72.0 cm³/mol. The fourth-order valence-corrected chi connectivity index (χ4v) is 2.71. The molecule has 6 nitrogen and oxygen atoms in total. The molecule has 0 amide bonds. The van der Waals surface area contributed by atoms with E-state index in [0.29, 0.717) is 30.9 Å². The summed E-state index contributed by atoms with van der Waals surface area (Å²) in [6.45, 7) is 6.79. The topological polar surface area (TPSA) is 92.4 Å². The number of imidazole rings is 1. The molecule has 1 unspecified atom stereocenters. The largest absolute Gasteiger partial charge is 0.481 e. The lowest BCUT2D eigenvalue weighted by Gasteiger charge is -2.24. The van der Waals surface area contributed by atoms with Gasteiger partial charge in [-0.25, -0.2) is 9.78 Å². The maximum atomic E-state index is 11.4. The van der Waals surface area contributed by atoms with Crippen LogP contribution in [0.4, 0.5) is 0 Å². The van der Waals surface area contributed by atoms with Crippen LogP contribution in [0.1, 0.15) is 61.5 Å². The van der Waals surface area contributed by atoms with E-state index in [1.807, 2.05) is 20.8 Å². The SMILES string of the molecule is CC(C)(C)Cc1nc(C(=O)O)c2n1CCCC2C(=O)O. The number of aromatic nitrogens is 2. The van der Waals surface area contributed by atoms with E-state index in [2.05, 4.69) is 4.98 Å². The molecular formula is C14H20N2O4. The van der Waals surface area contributed by atoms with Crippen LogP contribution < -0.4 is 0 Å². The van der Waals surface area contributed by atoms with Crippen LogP contribution in [0.2, 0.25) is 0 Å². The number of aromatic carboxylic acids is 1. The second-order valence-corrected chi connectivity index (χ2v) is 6.49. The number of aliphatic carboxylic acids is 1. The molecule has 2 heterocycles. The van der Waals surface area contributed by atoms with Crippen LogP contribution >= 0.6 is 0 Å². The lowest BCUT2D eigenvalue weighted by molar-refractivity contribution is -0.139. The molecule has 0 aliphatic carbocycles. The lowest BCUT2D eigenvalue weighted by atomic mass is 9.91. The third kappa shape index (κ3) is 2.69. The molecule has 1 atom stereocenters. The maximum Gasteiger partial charge on any atom is 0.356 e. The zero-order valence-corrected chi connectivity index (χ0v) is 12.0. The Labute approximate surface area is 117 Å². The first-order valence-electron chi connectivity index (χ1n) is 6.76. The van der Waals surface area contributed by atoms with E-state index in [9.17, 15) is 19.8 Å². The van der Waals surface area contributed by atoms with Crippen molar-refractivity contribution in [2.75, 3.05) is 0 Å². The summed E-state index contributed by atoms with van der Waals surface area (Å²) >= 11 is 0. The molecule has 1 aromatic rings. The van der Waals surface area contributed by atoms with Gasteiger partial charge in [0.05, 0.1) is 11.6 Å². The van der Waals surface area contributed by atoms with E-state index in [0.717, 1.165) is 6.42 Å². The molecule has 0 radical (unpaired) electrons. The van der Waals surface area contributed by atoms with Crippen LogP contribution in [0.25, 0.3) is 0 Å². The summed E-state index contributed by atoms with van der Waals surface area (Å²) in [4.78, 5) is 26.9. The first-order valence-corrected chi connectivity index (χ1v) is 6.76. The van der Waals surface area contributed by atoms with Crippen molar-refractivity contribution >= 4 is 11.9 Å². The highest BCUT2D eigenvalue weighted by Crippen LogP contribution is 2.33. The molecule has 2 N–H and O–H groups in total. The highest BCUT2D eigenvalue weighted by atomic mass is 16.4. The number of nitrogens with zero attached hydrogens (tertiary/aromatic N) is 2. The predicted octanol–water partition coefficient (Wildman–Crippen LogP) is 2.13. The molecule has 1 aliphatic rings. The molecule has 0 bridgehead atoms. The molecule has 0 saturated heterocycles. The average molecular weight is 280 g/mol. The minimum Gasteiger partial charge on any atom is -0.481 e. The van der Waals surface area contributed by atoms with E-state index < -0.39 is 17.9 Å². The normalized spacial score (nSPS) is 18.6. The van der Waals surface area contributed by atoms with Crippen LogP contribution in [0.5, 0.6) is 0 Å². The fourth-order valence-electron chi connectivity index (χ4n) is 2.71. The number of hydrogen-bond donors (Lipinski definition) is 2. The van der Waals surface area contributed by atoms with Crippen LogP contribution in [-0.2, 0) is 17.8 Å². The number of carboxylic acids is 2. The molecule has 1 aromatic heterocycles. The second kappa shape index (κ2) is 4.92. The van der Waals surface area contributed by atoms with Gasteiger partial charge in [-0.15, -0.1) is 0 Å². The highest BCUT2D eigenvalue weighted by molar-refractivity contribution is 5.89. The standard InChI is InChI=1S/C14H20N2O4/c1-14(2,3)7-9-15-10(13(19)20)11-8(12(17)18)5-4-6-16(9)11/h8H,4-7H2,1-3H3,(H,17,18)(H,19,20). The van der Waals surface area contributed by atoms with Crippen molar-refractivity contribution in [3.8, 4) is 0 Å². The van der Waals surface area contributed by atoms with E-state index in [4.69, 9.17) is 0 Å². The Morgan fingerprint density at radius 1 is 1.35 bits per heavy atom. The average Bonchev–Trinajstić information content (AvgIpc) is 2.66. The number of carboxylic acid groups (broad SMARTS) is 2. The van der Waals surface area contributed by atoms with Gasteiger partial charge in [-0.2, -0.15) is 0 Å². The molecular weight excluding hydrogens is 260 g/mol. The quantitative estimate of drug-likeness (QED) is 0.884. The Balaban J connectivity index is 2.55. The second-order valence-electron chi connectivity index (χ2n) is 6.49. The van der Waals surface area contributed by atoms with Crippen molar-refractivity contribution in [2.24, 2.45) is 5.41 Å². The number of carbonyl (C=O) groups is 2. The minimum absolute atomic E-state index is 0.0337. The smallest absolute Gasteiger partial charge is 0.356 e. The lowest BCUT2D eigenvalue weighted by Crippen LogP contribution is -2.25. The zero-order chi connectivity index (χ0) is 15.1. The summed E-state index contributed by atoms with van der Waals surface area (Å²) in [5.74, 6) is -2.22. The van der Waals surface area contributed by atoms with E-state index in [-0.39, 0.29) is 11.1 Å². The van der Waals surface area contributed by atoms with Crippen LogP contribution in [0.15, 0.2) is 0 Å². The first kappa shape index (κ1) is 14.6. The van der Waals surface area contributed by atoms with Gasteiger partial charge >= 0.3 is 11.9 Å². The summed E-state index contributed by atoms with van der Waals surface area (Å²) in [6.07, 6.45) is 1.83. The van der Waals surface area contributed by atoms with Gasteiger partial charge in [-0.05, 0) is 18.3 Å². The third-order valence-electron chi connectivity index (χ3n) is 3.48. The summed E-state index contributed by atoms with van der Waals surface area (Å²) in [6, 6.07) is 0. The van der Waals surface area contributed by atoms with Crippen molar-refractivity contribution in [3.05, 3.63) is 17.2 Å². The Morgan fingerprint density at radius 3 is 2.50 bits per heavy atom. The van der Waals surface area contributed by atoms with Gasteiger partial charge in [0.15, 0.2) is 5.69 Å². The van der Waals surface area contributed by atoms with E-state index in [1.165, 1.54) is 0 Å². The Kier molecular flexibility index (Phi) is 3.58. The fraction of sp³-hybridized carbons (Fsp3) is 0.643. The molecule has 0 aromatic carbocycles. The van der Waals surface area contributed by atoms with Crippen molar-refractivity contribution in [3.63, 3.8) is 0 Å². The Bertz CT molecular complexity index is 554. The molecule has 1 aliphatic heterocycles. The molecule has 6 heteroatoms. The van der Waals surface area contributed by atoms with E-state index >= 15 is 0 Å². The van der Waals surface area contributed by atoms with Gasteiger partial charge in [0, 0.05) is 13.0 Å². The first-order chi connectivity index (χ1) is 9.20. The van der Waals surface area contributed by atoms with Gasteiger partial charge in [0.2, 0.25) is 0 Å². The molecule has 0 fully saturated rings. The Morgan fingerprint density at radius 2 is 2.00 bits per heavy atom. The zero-order valence-electron chi connectivity index (χ0n) is 12.0. The summed E-state index contributed by atoms with van der Waals surface area (Å²) in [7, 11) is 0. The monoisotopic (exact) mass is 280 g/mol. The van der Waals surface area contributed by atoms with Gasteiger partial charge in [0.1, 0.15) is 5.82 Å². The van der Waals surface area contributed by atoms with Crippen molar-refractivity contribution in [2.45, 2.75) is 52.5 Å². The van der Waals surface area contributed by atoms with Crippen molar-refractivity contribution < 1.29 is 19.8 Å². The van der Waals surface area contributed by atoms with Crippen LogP contribution in [0, 0.1) is 5.41 Å². The third-order valence-corrected chi connectivity index (χ3v) is 3.48. The minimum atomic E-state index is -1.15. The summed E-state index contributed by atoms with van der Waals surface area (Å²) in [5.41, 5.74) is 0.223. The van der Waals surface area contributed by atoms with Gasteiger partial charge < -0.3 is 14.8 Å². The van der Waals surface area contributed by atoms with Crippen molar-refractivity contribution in [1.82, 2.24) is 9.55 Å². The number of rotatable bonds is 3. The number of hydrogen-bond acceptors (Lipinski definition) is 3. The summed E-state index contributed by atoms with van der Waals surface area (Å²) < 4.78 is 1.80. The van der Waals surface area contributed by atoms with Gasteiger partial charge in [-0.3, -0.25) is 4.79 Å². The highest BCUT2D eigenvalue weighted by Gasteiger charge is 2.35. The molecule has 20 heavy (non-hydrogen) atoms. The molecule has 2 rings (SSSR count). The molecule has 0 saturated carbocycles. The van der Waals surface area contributed by atoms with E-state index in [1.54, 1.807) is 4.57 Å². The van der Waals surface area contributed by atoms with Crippen LogP contribution in [-0.4, -0.2) is 31.7 Å². The maximum absolute atomic E-state index is 11.4. The van der Waals surface area contributed by atoms with Gasteiger partial charge in [-0.1, -0.05) is 20.8 Å². The molecule has 0 spiro atoms. The van der Waals surface area contributed by atoms with Crippen molar-refractivity contribution in [1.29, 1.82) is 0 Å². The van der Waals surface area contributed by atoms with Gasteiger partial charge in [0.25, 0.3) is 0 Å². The number of fused-ring (bicyclic) bond motifs is 1. The Hall–Kier alpha value is -1.85. The van der Waals surface area contributed by atoms with Crippen LogP contribution in [0.3, 0.4) is 0 Å². The summed E-state index contributed by atoms with van der Waals surface area (Å²) in [5, 5.41) is 18.6. The molecule has 110 valence electrons.